The van der Waals surface area contributed by atoms with E-state index in [1.807, 2.05) is 0 Å². The maximum atomic E-state index is 13.7. The van der Waals surface area contributed by atoms with Crippen molar-refractivity contribution in [1.29, 1.82) is 0 Å². The van der Waals surface area contributed by atoms with Gasteiger partial charge < -0.3 is 16.8 Å². The first-order valence-electron chi connectivity index (χ1n) is 6.75. The van der Waals surface area contributed by atoms with Crippen molar-refractivity contribution in [2.45, 2.75) is 31.7 Å². The van der Waals surface area contributed by atoms with E-state index in [1.165, 1.54) is 0 Å². The topological polar surface area (TPSA) is 98.2 Å². The molecule has 1 saturated carbocycles. The molecule has 0 saturated heterocycles. The van der Waals surface area contributed by atoms with E-state index in [1.54, 1.807) is 0 Å². The van der Waals surface area contributed by atoms with E-state index in [9.17, 15) is 18.4 Å². The maximum absolute atomic E-state index is 13.7. The fraction of sp³-hybridized carbons (Fsp3) is 0.429. The van der Waals surface area contributed by atoms with Gasteiger partial charge in [0.15, 0.2) is 0 Å². The van der Waals surface area contributed by atoms with Crippen LogP contribution in [0, 0.1) is 17.6 Å². The highest BCUT2D eigenvalue weighted by Crippen LogP contribution is 2.26. The molecule has 0 bridgehead atoms. The fourth-order valence-corrected chi connectivity index (χ4v) is 2.54. The number of benzene rings is 1. The molecule has 2 atom stereocenters. The van der Waals surface area contributed by atoms with Crippen LogP contribution in [-0.2, 0) is 4.79 Å². The second-order valence-electron chi connectivity index (χ2n) is 5.22. The number of amides is 2. The molecule has 2 rings (SSSR count). The Kier molecular flexibility index (Phi) is 4.52. The first-order chi connectivity index (χ1) is 9.90. The summed E-state index contributed by atoms with van der Waals surface area (Å²) >= 11 is 0. The van der Waals surface area contributed by atoms with Crippen LogP contribution in [0.3, 0.4) is 0 Å². The minimum absolute atomic E-state index is 0.270. The monoisotopic (exact) mass is 297 g/mol. The van der Waals surface area contributed by atoms with E-state index < -0.39 is 34.9 Å². The second-order valence-corrected chi connectivity index (χ2v) is 5.22. The minimum atomic E-state index is -1.06. The lowest BCUT2D eigenvalue weighted by Gasteiger charge is -2.27. The van der Waals surface area contributed by atoms with Crippen LogP contribution in [0.4, 0.5) is 14.5 Å². The number of rotatable bonds is 3. The third kappa shape index (κ3) is 3.36. The third-order valence-corrected chi connectivity index (χ3v) is 3.74. The van der Waals surface area contributed by atoms with Gasteiger partial charge in [0.25, 0.3) is 5.91 Å². The highest BCUT2D eigenvalue weighted by atomic mass is 19.1. The molecule has 0 heterocycles. The average molecular weight is 297 g/mol. The Bertz CT molecular complexity index is 578. The predicted octanol–water partition coefficient (Wildman–Crippen LogP) is 1.52. The quantitative estimate of drug-likeness (QED) is 0.788. The van der Waals surface area contributed by atoms with Gasteiger partial charge in [0.05, 0.1) is 17.2 Å². The van der Waals surface area contributed by atoms with Crippen LogP contribution in [0.15, 0.2) is 12.1 Å². The van der Waals surface area contributed by atoms with Crippen LogP contribution >= 0.6 is 0 Å². The Morgan fingerprint density at radius 1 is 1.14 bits per heavy atom. The maximum Gasteiger partial charge on any atom is 0.251 e. The summed E-state index contributed by atoms with van der Waals surface area (Å²) in [6.07, 6.45) is 3.20. The van der Waals surface area contributed by atoms with E-state index >= 15 is 0 Å². The van der Waals surface area contributed by atoms with Gasteiger partial charge >= 0.3 is 0 Å². The van der Waals surface area contributed by atoms with Gasteiger partial charge in [-0.15, -0.1) is 0 Å². The summed E-state index contributed by atoms with van der Waals surface area (Å²) in [6.45, 7) is 0. The molecule has 1 aromatic carbocycles. The van der Waals surface area contributed by atoms with E-state index in [-0.39, 0.29) is 11.7 Å². The Hall–Kier alpha value is -2.02. The van der Waals surface area contributed by atoms with Crippen molar-refractivity contribution < 1.29 is 18.4 Å². The van der Waals surface area contributed by atoms with Crippen LogP contribution in [0.1, 0.15) is 36.0 Å². The second kappa shape index (κ2) is 6.17. The Morgan fingerprint density at radius 3 is 2.43 bits per heavy atom. The minimum Gasteiger partial charge on any atom is -0.366 e. The number of hydrogen-bond donors (Lipinski definition) is 3. The van der Waals surface area contributed by atoms with Gasteiger partial charge in [-0.1, -0.05) is 12.8 Å². The van der Waals surface area contributed by atoms with Crippen molar-refractivity contribution in [3.8, 4) is 0 Å². The van der Waals surface area contributed by atoms with Crippen molar-refractivity contribution in [2.75, 3.05) is 5.32 Å². The van der Waals surface area contributed by atoms with E-state index in [4.69, 9.17) is 11.5 Å². The lowest BCUT2D eigenvalue weighted by Crippen LogP contribution is -2.40. The molecular weight excluding hydrogens is 280 g/mol. The SMILES string of the molecule is NC(=O)c1cc(NC(=O)C2CCCCC2N)c(F)cc1F. The van der Waals surface area contributed by atoms with Crippen LogP contribution in [0.5, 0.6) is 0 Å². The number of primary amides is 1. The fourth-order valence-electron chi connectivity index (χ4n) is 2.54. The number of hydrogen-bond acceptors (Lipinski definition) is 3. The summed E-state index contributed by atoms with van der Waals surface area (Å²) in [5.41, 5.74) is 10.1. The molecule has 1 fully saturated rings. The lowest BCUT2D eigenvalue weighted by atomic mass is 9.84. The highest BCUT2D eigenvalue weighted by molar-refractivity contribution is 5.97. The molecule has 1 aromatic rings. The standard InChI is InChI=1S/C14H17F2N3O2/c15-9-6-10(16)12(5-8(9)13(18)20)19-14(21)7-3-1-2-4-11(7)17/h5-7,11H,1-4,17H2,(H2,18,20)(H,19,21). The molecule has 5 N–H and O–H groups in total. The number of carbonyl (C=O) groups is 2. The largest absolute Gasteiger partial charge is 0.366 e. The average Bonchev–Trinajstić information content (AvgIpc) is 2.41. The molecule has 2 unspecified atom stereocenters. The van der Waals surface area contributed by atoms with Crippen molar-refractivity contribution >= 4 is 17.5 Å². The van der Waals surface area contributed by atoms with E-state index in [2.05, 4.69) is 5.32 Å². The third-order valence-electron chi connectivity index (χ3n) is 3.74. The van der Waals surface area contributed by atoms with E-state index in [0.717, 1.165) is 25.3 Å². The van der Waals surface area contributed by atoms with Gasteiger partial charge in [0, 0.05) is 12.1 Å². The molecule has 5 nitrogen and oxygen atoms in total. The van der Waals surface area contributed by atoms with Crippen molar-refractivity contribution in [1.82, 2.24) is 0 Å². The zero-order valence-corrected chi connectivity index (χ0v) is 11.4. The molecule has 1 aliphatic rings. The highest BCUT2D eigenvalue weighted by Gasteiger charge is 2.29. The normalized spacial score (nSPS) is 21.9. The smallest absolute Gasteiger partial charge is 0.251 e. The summed E-state index contributed by atoms with van der Waals surface area (Å²) in [5, 5.41) is 2.36. The summed E-state index contributed by atoms with van der Waals surface area (Å²) in [7, 11) is 0. The molecule has 21 heavy (non-hydrogen) atoms. The summed E-state index contributed by atoms with van der Waals surface area (Å²) < 4.78 is 27.0. The predicted molar refractivity (Wildman–Crippen MR) is 73.4 cm³/mol. The van der Waals surface area contributed by atoms with Crippen LogP contribution in [0.25, 0.3) is 0 Å². The number of nitrogens with one attached hydrogen (secondary N) is 1. The van der Waals surface area contributed by atoms with Crippen LogP contribution in [-0.4, -0.2) is 17.9 Å². The molecule has 2 amide bonds. The van der Waals surface area contributed by atoms with Crippen molar-refractivity contribution in [3.05, 3.63) is 29.3 Å². The lowest BCUT2D eigenvalue weighted by molar-refractivity contribution is -0.121. The van der Waals surface area contributed by atoms with Gasteiger partial charge in [-0.3, -0.25) is 9.59 Å². The van der Waals surface area contributed by atoms with Crippen LogP contribution < -0.4 is 16.8 Å². The van der Waals surface area contributed by atoms with Gasteiger partial charge in [-0.2, -0.15) is 0 Å². The van der Waals surface area contributed by atoms with E-state index in [0.29, 0.717) is 12.5 Å². The number of carbonyl (C=O) groups excluding carboxylic acids is 2. The molecule has 0 radical (unpaired) electrons. The molecule has 0 spiro atoms. The molecule has 0 aromatic heterocycles. The zero-order valence-electron chi connectivity index (χ0n) is 11.4. The summed E-state index contributed by atoms with van der Waals surface area (Å²) in [5.74, 6) is -3.90. The molecule has 0 aliphatic heterocycles. The molecule has 114 valence electrons. The summed E-state index contributed by atoms with van der Waals surface area (Å²) in [6, 6.07) is 1.15. The Morgan fingerprint density at radius 2 is 1.81 bits per heavy atom. The van der Waals surface area contributed by atoms with Gasteiger partial charge in [0.2, 0.25) is 5.91 Å². The number of anilines is 1. The first kappa shape index (κ1) is 15.4. The van der Waals surface area contributed by atoms with Crippen LogP contribution in [0.2, 0.25) is 0 Å². The zero-order chi connectivity index (χ0) is 15.6. The number of halogens is 2. The molecule has 7 heteroatoms. The Balaban J connectivity index is 2.20. The van der Waals surface area contributed by atoms with Gasteiger partial charge in [-0.05, 0) is 18.9 Å². The van der Waals surface area contributed by atoms with Crippen molar-refractivity contribution in [3.63, 3.8) is 0 Å². The summed E-state index contributed by atoms with van der Waals surface area (Å²) in [4.78, 5) is 23.2. The van der Waals surface area contributed by atoms with Crippen molar-refractivity contribution in [2.24, 2.45) is 17.4 Å². The molecular formula is C14H17F2N3O2. The van der Waals surface area contributed by atoms with Gasteiger partial charge in [-0.25, -0.2) is 8.78 Å². The van der Waals surface area contributed by atoms with Gasteiger partial charge in [0.1, 0.15) is 11.6 Å². The number of nitrogens with two attached hydrogens (primary N) is 2. The Labute approximate surface area is 120 Å². The first-order valence-corrected chi connectivity index (χ1v) is 6.75. The molecule has 1 aliphatic carbocycles.